The predicted octanol–water partition coefficient (Wildman–Crippen LogP) is 3.20. The Morgan fingerprint density at radius 3 is 2.81 bits per heavy atom. The van der Waals surface area contributed by atoms with Crippen LogP contribution in [0.4, 0.5) is 0 Å². The molecule has 0 amide bonds. The number of benzene rings is 1. The van der Waals surface area contributed by atoms with Crippen molar-refractivity contribution in [2.24, 2.45) is 5.73 Å². The Morgan fingerprint density at radius 1 is 1.31 bits per heavy atom. The van der Waals surface area contributed by atoms with E-state index in [1.807, 2.05) is 24.4 Å². The molecular weight excluding hydrogens is 264 g/mol. The van der Waals surface area contributed by atoms with Gasteiger partial charge in [-0.1, -0.05) is 28.1 Å². The van der Waals surface area contributed by atoms with E-state index in [9.17, 15) is 0 Å². The number of aryl methyl sites for hydroxylation is 1. The molecule has 1 heterocycles. The third-order valence-electron chi connectivity index (χ3n) is 2.62. The smallest absolute Gasteiger partial charge is 0.0569 e. The summed E-state index contributed by atoms with van der Waals surface area (Å²) in [6.45, 7) is 2.07. The second-order valence-corrected chi connectivity index (χ2v) is 4.68. The third-order valence-corrected chi connectivity index (χ3v) is 3.11. The van der Waals surface area contributed by atoms with Crippen LogP contribution in [0.3, 0.4) is 0 Å². The lowest BCUT2D eigenvalue weighted by atomic mass is 9.97. The monoisotopic (exact) mass is 276 g/mol. The van der Waals surface area contributed by atoms with E-state index < -0.39 is 0 Å². The van der Waals surface area contributed by atoms with Gasteiger partial charge in [-0.05, 0) is 41.8 Å². The van der Waals surface area contributed by atoms with E-state index >= 15 is 0 Å². The van der Waals surface area contributed by atoms with Gasteiger partial charge < -0.3 is 5.73 Å². The normalized spacial score (nSPS) is 12.4. The minimum Gasteiger partial charge on any atom is -0.320 e. The van der Waals surface area contributed by atoms with Gasteiger partial charge in [0, 0.05) is 16.9 Å². The molecule has 0 saturated carbocycles. The van der Waals surface area contributed by atoms with Crippen molar-refractivity contribution in [3.63, 3.8) is 0 Å². The molecule has 0 aliphatic rings. The highest BCUT2D eigenvalue weighted by atomic mass is 79.9. The van der Waals surface area contributed by atoms with Crippen LogP contribution in [0.15, 0.2) is 47.2 Å². The van der Waals surface area contributed by atoms with E-state index in [0.717, 1.165) is 15.6 Å². The fraction of sp³-hybridized carbons (Fsp3) is 0.154. The van der Waals surface area contributed by atoms with Gasteiger partial charge in [-0.2, -0.15) is 0 Å². The molecule has 0 saturated heterocycles. The van der Waals surface area contributed by atoms with Crippen molar-refractivity contribution in [3.8, 4) is 0 Å². The average molecular weight is 277 g/mol. The maximum atomic E-state index is 6.23. The SMILES string of the molecule is Cc1ccc(Br)cc1C(N)c1cccnc1. The Hall–Kier alpha value is -1.19. The zero-order valence-electron chi connectivity index (χ0n) is 9.02. The Bertz CT molecular complexity index is 483. The molecule has 1 aromatic carbocycles. The van der Waals surface area contributed by atoms with Crippen molar-refractivity contribution in [3.05, 3.63) is 63.9 Å². The fourth-order valence-electron chi connectivity index (χ4n) is 1.69. The molecular formula is C13H13BrN2. The van der Waals surface area contributed by atoms with Gasteiger partial charge in [0.05, 0.1) is 6.04 Å². The number of aromatic nitrogens is 1. The first-order chi connectivity index (χ1) is 7.68. The van der Waals surface area contributed by atoms with Crippen LogP contribution in [0, 0.1) is 6.92 Å². The number of nitrogens with two attached hydrogens (primary N) is 1. The van der Waals surface area contributed by atoms with Crippen LogP contribution in [0.1, 0.15) is 22.7 Å². The maximum Gasteiger partial charge on any atom is 0.0569 e. The van der Waals surface area contributed by atoms with Gasteiger partial charge in [-0.15, -0.1) is 0 Å². The summed E-state index contributed by atoms with van der Waals surface area (Å²) < 4.78 is 1.05. The molecule has 3 heteroatoms. The van der Waals surface area contributed by atoms with Crippen LogP contribution in [-0.4, -0.2) is 4.98 Å². The van der Waals surface area contributed by atoms with Crippen molar-refractivity contribution < 1.29 is 0 Å². The highest BCUT2D eigenvalue weighted by Crippen LogP contribution is 2.25. The first kappa shape index (κ1) is 11.3. The van der Waals surface area contributed by atoms with Gasteiger partial charge in [0.2, 0.25) is 0 Å². The van der Waals surface area contributed by atoms with Crippen LogP contribution in [0.5, 0.6) is 0 Å². The molecule has 2 aromatic rings. The summed E-state index contributed by atoms with van der Waals surface area (Å²) in [6, 6.07) is 9.93. The summed E-state index contributed by atoms with van der Waals surface area (Å²) in [7, 11) is 0. The highest BCUT2D eigenvalue weighted by Gasteiger charge is 2.11. The van der Waals surface area contributed by atoms with Crippen molar-refractivity contribution >= 4 is 15.9 Å². The summed E-state index contributed by atoms with van der Waals surface area (Å²) in [5.74, 6) is 0. The van der Waals surface area contributed by atoms with Crippen LogP contribution in [0.25, 0.3) is 0 Å². The van der Waals surface area contributed by atoms with Gasteiger partial charge in [0.1, 0.15) is 0 Å². The Morgan fingerprint density at radius 2 is 2.12 bits per heavy atom. The molecule has 0 fully saturated rings. The number of hydrogen-bond acceptors (Lipinski definition) is 2. The molecule has 0 bridgehead atoms. The zero-order chi connectivity index (χ0) is 11.5. The lowest BCUT2D eigenvalue weighted by molar-refractivity contribution is 0.853. The lowest BCUT2D eigenvalue weighted by Crippen LogP contribution is -2.13. The largest absolute Gasteiger partial charge is 0.320 e. The van der Waals surface area contributed by atoms with Gasteiger partial charge >= 0.3 is 0 Å². The Balaban J connectivity index is 2.41. The number of hydrogen-bond donors (Lipinski definition) is 1. The van der Waals surface area contributed by atoms with Crippen LogP contribution < -0.4 is 5.73 Å². The summed E-state index contributed by atoms with van der Waals surface area (Å²) in [4.78, 5) is 4.09. The summed E-state index contributed by atoms with van der Waals surface area (Å²) in [5, 5.41) is 0. The van der Waals surface area contributed by atoms with E-state index in [1.54, 1.807) is 6.20 Å². The van der Waals surface area contributed by atoms with Gasteiger partial charge in [0.25, 0.3) is 0 Å². The van der Waals surface area contributed by atoms with E-state index in [0.29, 0.717) is 0 Å². The van der Waals surface area contributed by atoms with Gasteiger partial charge in [0.15, 0.2) is 0 Å². The lowest BCUT2D eigenvalue weighted by Gasteiger charge is -2.15. The Labute approximate surface area is 104 Å². The molecule has 1 atom stereocenters. The number of nitrogens with zero attached hydrogens (tertiary/aromatic N) is 1. The van der Waals surface area contributed by atoms with Crippen molar-refractivity contribution in [2.45, 2.75) is 13.0 Å². The molecule has 2 nitrogen and oxygen atoms in total. The minimum absolute atomic E-state index is 0.119. The van der Waals surface area contributed by atoms with Crippen LogP contribution in [0.2, 0.25) is 0 Å². The summed E-state index contributed by atoms with van der Waals surface area (Å²) in [6.07, 6.45) is 3.56. The number of halogens is 1. The van der Waals surface area contributed by atoms with Gasteiger partial charge in [-0.3, -0.25) is 4.98 Å². The summed E-state index contributed by atoms with van der Waals surface area (Å²) >= 11 is 3.47. The maximum absolute atomic E-state index is 6.23. The van der Waals surface area contributed by atoms with E-state index in [4.69, 9.17) is 5.73 Å². The number of rotatable bonds is 2. The molecule has 1 unspecified atom stereocenters. The molecule has 0 radical (unpaired) electrons. The fourth-order valence-corrected chi connectivity index (χ4v) is 2.06. The van der Waals surface area contributed by atoms with E-state index in [1.165, 1.54) is 5.56 Å². The second-order valence-electron chi connectivity index (χ2n) is 3.76. The summed E-state index contributed by atoms with van der Waals surface area (Å²) in [5.41, 5.74) is 9.58. The third kappa shape index (κ3) is 2.31. The molecule has 82 valence electrons. The minimum atomic E-state index is -0.119. The number of pyridine rings is 1. The van der Waals surface area contributed by atoms with Crippen molar-refractivity contribution in [1.29, 1.82) is 0 Å². The molecule has 0 spiro atoms. The predicted molar refractivity (Wildman–Crippen MR) is 69.1 cm³/mol. The zero-order valence-corrected chi connectivity index (χ0v) is 10.6. The highest BCUT2D eigenvalue weighted by molar-refractivity contribution is 9.10. The van der Waals surface area contributed by atoms with Gasteiger partial charge in [-0.25, -0.2) is 0 Å². The van der Waals surface area contributed by atoms with Crippen LogP contribution in [-0.2, 0) is 0 Å². The van der Waals surface area contributed by atoms with Crippen molar-refractivity contribution in [1.82, 2.24) is 4.98 Å². The molecule has 0 aliphatic heterocycles. The standard InChI is InChI=1S/C13H13BrN2/c1-9-4-5-11(14)7-12(9)13(15)10-3-2-6-16-8-10/h2-8,13H,15H2,1H3. The first-order valence-corrected chi connectivity index (χ1v) is 5.89. The molecule has 16 heavy (non-hydrogen) atoms. The molecule has 2 N–H and O–H groups in total. The molecule has 0 aliphatic carbocycles. The van der Waals surface area contributed by atoms with Crippen LogP contribution >= 0.6 is 15.9 Å². The quantitative estimate of drug-likeness (QED) is 0.915. The first-order valence-electron chi connectivity index (χ1n) is 5.10. The van der Waals surface area contributed by atoms with Crippen molar-refractivity contribution in [2.75, 3.05) is 0 Å². The topological polar surface area (TPSA) is 38.9 Å². The Kier molecular flexibility index (Phi) is 3.36. The average Bonchev–Trinajstić information content (AvgIpc) is 2.32. The molecule has 2 rings (SSSR count). The van der Waals surface area contributed by atoms with E-state index in [-0.39, 0.29) is 6.04 Å². The van der Waals surface area contributed by atoms with E-state index in [2.05, 4.69) is 40.0 Å². The molecule has 1 aromatic heterocycles. The second kappa shape index (κ2) is 4.76.